The van der Waals surface area contributed by atoms with Crippen molar-refractivity contribution in [2.75, 3.05) is 0 Å². The highest BCUT2D eigenvalue weighted by Crippen LogP contribution is 2.39. The van der Waals surface area contributed by atoms with Gasteiger partial charge in [0.2, 0.25) is 5.69 Å². The Morgan fingerprint density at radius 3 is 2.41 bits per heavy atom. The van der Waals surface area contributed by atoms with Gasteiger partial charge in [-0.15, -0.1) is 0 Å². The van der Waals surface area contributed by atoms with Crippen molar-refractivity contribution < 1.29 is 4.57 Å². The molecule has 1 aliphatic heterocycles. The molecule has 0 bridgehead atoms. The van der Waals surface area contributed by atoms with Crippen LogP contribution in [-0.4, -0.2) is 0 Å². The molecule has 0 saturated carbocycles. The molecule has 3 aromatic rings. The van der Waals surface area contributed by atoms with Crippen LogP contribution in [0.25, 0.3) is 22.0 Å². The van der Waals surface area contributed by atoms with Crippen LogP contribution in [0.5, 0.6) is 0 Å². The number of fused-ring (bicyclic) bond motifs is 5. The van der Waals surface area contributed by atoms with E-state index in [1.807, 2.05) is 0 Å². The summed E-state index contributed by atoms with van der Waals surface area (Å²) in [5.74, 6) is 0. The van der Waals surface area contributed by atoms with E-state index in [1.54, 1.807) is 0 Å². The lowest BCUT2D eigenvalue weighted by molar-refractivity contribution is -0.756. The van der Waals surface area contributed by atoms with E-state index in [0.717, 1.165) is 6.42 Å². The van der Waals surface area contributed by atoms with Gasteiger partial charge in [-0.05, 0) is 72.9 Å². The zero-order valence-corrected chi connectivity index (χ0v) is 18.9. The largest absolute Gasteiger partial charge is 0.221 e. The van der Waals surface area contributed by atoms with Crippen LogP contribution < -0.4 is 4.57 Å². The Kier molecular flexibility index (Phi) is 5.51. The minimum atomic E-state index is 0.198. The Hall–Kier alpha value is -2.15. The number of aryl methyl sites for hydroxylation is 4. The first-order valence-corrected chi connectivity index (χ1v) is 11.6. The normalized spacial score (nSPS) is 15.1. The van der Waals surface area contributed by atoms with Gasteiger partial charge >= 0.3 is 0 Å². The highest BCUT2D eigenvalue weighted by atomic mass is 15.1. The third-order valence-electron chi connectivity index (χ3n) is 7.54. The molecule has 2 heterocycles. The standard InChI is InChI=1S/C28H36N/c1-6-9-11-22-12-10-13-25-24(22)15-17-29-27(25)26-19-21(5)20(4)18-23(26)14-16-28(29,7-2)8-3/h10,12-13,15,17-19H,6-9,11,14,16H2,1-5H3/q+1. The number of rotatable bonds is 5. The molecule has 1 aromatic heterocycles. The maximum atomic E-state index is 2.65. The van der Waals surface area contributed by atoms with E-state index in [9.17, 15) is 0 Å². The lowest BCUT2D eigenvalue weighted by Gasteiger charge is -2.26. The van der Waals surface area contributed by atoms with Crippen molar-refractivity contribution in [3.63, 3.8) is 0 Å². The highest BCUT2D eigenvalue weighted by Gasteiger charge is 2.42. The Bertz CT molecular complexity index is 1040. The Morgan fingerprint density at radius 2 is 1.69 bits per heavy atom. The molecular formula is C28H36N+. The second-order valence-electron chi connectivity index (χ2n) is 9.04. The topological polar surface area (TPSA) is 3.88 Å². The highest BCUT2D eigenvalue weighted by molar-refractivity contribution is 5.95. The molecule has 0 radical (unpaired) electrons. The molecule has 1 nitrogen and oxygen atoms in total. The number of hydrogen-bond donors (Lipinski definition) is 0. The maximum Gasteiger partial charge on any atom is 0.221 e. The monoisotopic (exact) mass is 386 g/mol. The molecule has 1 aliphatic rings. The number of unbranched alkanes of at least 4 members (excludes halogenated alkanes) is 1. The fraction of sp³-hybridized carbons (Fsp3) is 0.464. The molecular weight excluding hydrogens is 350 g/mol. The predicted octanol–water partition coefficient (Wildman–Crippen LogP) is 7.22. The summed E-state index contributed by atoms with van der Waals surface area (Å²) in [5.41, 5.74) is 8.94. The lowest BCUT2D eigenvalue weighted by Crippen LogP contribution is -2.56. The van der Waals surface area contributed by atoms with Crippen molar-refractivity contribution in [1.82, 2.24) is 0 Å². The average molecular weight is 387 g/mol. The summed E-state index contributed by atoms with van der Waals surface area (Å²) in [4.78, 5) is 0. The molecule has 0 N–H and O–H groups in total. The first-order chi connectivity index (χ1) is 14.0. The Morgan fingerprint density at radius 1 is 0.931 bits per heavy atom. The SMILES string of the molecule is CCCCc1cccc2c3[n+](ccc12)C(CC)(CC)CCc1cc(C)c(C)cc1-3. The van der Waals surface area contributed by atoms with Crippen molar-refractivity contribution in [3.8, 4) is 11.3 Å². The predicted molar refractivity (Wildman–Crippen MR) is 125 cm³/mol. The number of hydrogen-bond acceptors (Lipinski definition) is 0. The van der Waals surface area contributed by atoms with Crippen molar-refractivity contribution in [1.29, 1.82) is 0 Å². The average Bonchev–Trinajstić information content (AvgIpc) is 2.87. The summed E-state index contributed by atoms with van der Waals surface area (Å²) in [5, 5.41) is 2.87. The summed E-state index contributed by atoms with van der Waals surface area (Å²) >= 11 is 0. The van der Waals surface area contributed by atoms with Crippen molar-refractivity contribution in [3.05, 3.63) is 64.8 Å². The van der Waals surface area contributed by atoms with Crippen LogP contribution in [0.4, 0.5) is 0 Å². The summed E-state index contributed by atoms with van der Waals surface area (Å²) in [7, 11) is 0. The molecule has 0 fully saturated rings. The van der Waals surface area contributed by atoms with E-state index in [2.05, 4.69) is 81.8 Å². The van der Waals surface area contributed by atoms with Gasteiger partial charge in [-0.25, -0.2) is 0 Å². The fourth-order valence-corrected chi connectivity index (χ4v) is 5.36. The van der Waals surface area contributed by atoms with E-state index < -0.39 is 0 Å². The zero-order chi connectivity index (χ0) is 20.6. The van der Waals surface area contributed by atoms with Gasteiger partial charge in [0.1, 0.15) is 0 Å². The second-order valence-corrected chi connectivity index (χ2v) is 9.04. The van der Waals surface area contributed by atoms with Crippen LogP contribution in [0.15, 0.2) is 42.6 Å². The summed E-state index contributed by atoms with van der Waals surface area (Å²) in [6, 6.07) is 14.3. The fourth-order valence-electron chi connectivity index (χ4n) is 5.36. The Balaban J connectivity index is 2.09. The molecule has 0 saturated heterocycles. The van der Waals surface area contributed by atoms with E-state index in [0.29, 0.717) is 0 Å². The minimum absolute atomic E-state index is 0.198. The van der Waals surface area contributed by atoms with Crippen molar-refractivity contribution >= 4 is 10.8 Å². The van der Waals surface area contributed by atoms with Gasteiger partial charge in [0.05, 0.1) is 10.9 Å². The Labute approximate surface area is 176 Å². The molecule has 0 unspecified atom stereocenters. The molecule has 0 aliphatic carbocycles. The second kappa shape index (κ2) is 7.94. The van der Waals surface area contributed by atoms with Crippen LogP contribution in [0, 0.1) is 13.8 Å². The molecule has 1 heteroatoms. The third-order valence-corrected chi connectivity index (χ3v) is 7.54. The van der Waals surface area contributed by atoms with Crippen LogP contribution in [0.2, 0.25) is 0 Å². The van der Waals surface area contributed by atoms with Crippen LogP contribution >= 0.6 is 0 Å². The van der Waals surface area contributed by atoms with Gasteiger partial charge < -0.3 is 0 Å². The van der Waals surface area contributed by atoms with Gasteiger partial charge in [-0.2, -0.15) is 4.57 Å². The summed E-state index contributed by atoms with van der Waals surface area (Å²) in [6.07, 6.45) is 10.8. The van der Waals surface area contributed by atoms with E-state index in [-0.39, 0.29) is 5.54 Å². The quantitative estimate of drug-likeness (QED) is 0.408. The van der Waals surface area contributed by atoms with E-state index in [4.69, 9.17) is 0 Å². The lowest BCUT2D eigenvalue weighted by atomic mass is 9.86. The third kappa shape index (κ3) is 3.29. The number of benzene rings is 2. The van der Waals surface area contributed by atoms with Crippen LogP contribution in [0.1, 0.15) is 75.1 Å². The van der Waals surface area contributed by atoms with E-state index >= 15 is 0 Å². The molecule has 29 heavy (non-hydrogen) atoms. The molecule has 2 aromatic carbocycles. The minimum Gasteiger partial charge on any atom is -0.192 e. The van der Waals surface area contributed by atoms with Gasteiger partial charge in [-0.1, -0.05) is 45.4 Å². The molecule has 0 atom stereocenters. The molecule has 4 rings (SSSR count). The van der Waals surface area contributed by atoms with Gasteiger partial charge in [0.15, 0.2) is 11.7 Å². The van der Waals surface area contributed by atoms with Gasteiger partial charge in [0.25, 0.3) is 0 Å². The molecule has 0 amide bonds. The van der Waals surface area contributed by atoms with Crippen LogP contribution in [0.3, 0.4) is 0 Å². The first-order valence-electron chi connectivity index (χ1n) is 11.6. The van der Waals surface area contributed by atoms with Crippen LogP contribution in [-0.2, 0) is 18.4 Å². The van der Waals surface area contributed by atoms with Gasteiger partial charge in [-0.3, -0.25) is 0 Å². The smallest absolute Gasteiger partial charge is 0.192 e. The van der Waals surface area contributed by atoms with Gasteiger partial charge in [0, 0.05) is 25.3 Å². The number of pyridine rings is 1. The summed E-state index contributed by atoms with van der Waals surface area (Å²) in [6.45, 7) is 11.5. The maximum absolute atomic E-state index is 2.65. The first kappa shape index (κ1) is 20.1. The van der Waals surface area contributed by atoms with Crippen molar-refractivity contribution in [2.45, 2.75) is 85.1 Å². The number of aromatic nitrogens is 1. The number of nitrogens with zero attached hydrogens (tertiary/aromatic N) is 1. The molecule has 152 valence electrons. The molecule has 0 spiro atoms. The van der Waals surface area contributed by atoms with Crippen molar-refractivity contribution in [2.24, 2.45) is 0 Å². The summed E-state index contributed by atoms with van der Waals surface area (Å²) < 4.78 is 2.65. The van der Waals surface area contributed by atoms with E-state index in [1.165, 1.54) is 82.8 Å². The zero-order valence-electron chi connectivity index (χ0n) is 18.9.